The van der Waals surface area contributed by atoms with E-state index in [0.717, 1.165) is 19.4 Å². The van der Waals surface area contributed by atoms with Gasteiger partial charge >= 0.3 is 0 Å². The van der Waals surface area contributed by atoms with Crippen LogP contribution in [0.25, 0.3) is 27.7 Å². The summed E-state index contributed by atoms with van der Waals surface area (Å²) >= 11 is 0. The summed E-state index contributed by atoms with van der Waals surface area (Å²) in [7, 11) is 0. The minimum atomic E-state index is 0.565. The average Bonchev–Trinajstić information content (AvgIpc) is 3.33. The highest BCUT2D eigenvalue weighted by Crippen LogP contribution is 2.43. The zero-order chi connectivity index (χ0) is 20.6. The van der Waals surface area contributed by atoms with E-state index in [0.29, 0.717) is 12.1 Å². The predicted octanol–water partition coefficient (Wildman–Crippen LogP) is 6.70. The van der Waals surface area contributed by atoms with Crippen LogP contribution in [0.1, 0.15) is 30.4 Å². The van der Waals surface area contributed by atoms with Crippen LogP contribution in [0, 0.1) is 0 Å². The topological polar surface area (TPSA) is 19.0 Å². The summed E-state index contributed by atoms with van der Waals surface area (Å²) in [4.78, 5) is 6.49. The average molecular weight is 405 g/mol. The molecule has 2 atom stereocenters. The Balaban J connectivity index is 1.36. The molecule has 3 heterocycles. The number of benzene rings is 3. The Labute approximate surface area is 184 Å². The Bertz CT molecular complexity index is 1220. The molecule has 1 saturated heterocycles. The lowest BCUT2D eigenvalue weighted by Gasteiger charge is -2.34. The van der Waals surface area contributed by atoms with E-state index in [9.17, 15) is 0 Å². The van der Waals surface area contributed by atoms with Gasteiger partial charge in [0.1, 0.15) is 0 Å². The molecule has 1 aromatic heterocycles. The second kappa shape index (κ2) is 7.86. The molecular weight excluding hydrogens is 376 g/mol. The quantitative estimate of drug-likeness (QED) is 0.392. The third kappa shape index (κ3) is 3.41. The van der Waals surface area contributed by atoms with E-state index in [1.807, 2.05) is 0 Å². The molecule has 0 radical (unpaired) electrons. The molecule has 154 valence electrons. The Hall–Kier alpha value is -3.10. The Kier molecular flexibility index (Phi) is 4.73. The van der Waals surface area contributed by atoms with Crippen LogP contribution in [0.4, 0.5) is 0 Å². The molecule has 0 aliphatic carbocycles. The maximum absolute atomic E-state index is 3.73. The van der Waals surface area contributed by atoms with Crippen LogP contribution in [0.5, 0.6) is 0 Å². The summed E-state index contributed by atoms with van der Waals surface area (Å²) in [5.41, 5.74) is 8.16. The molecule has 2 aliphatic rings. The number of aromatic nitrogens is 1. The maximum atomic E-state index is 3.73. The first kappa shape index (κ1) is 18.7. The summed E-state index contributed by atoms with van der Waals surface area (Å²) < 4.78 is 0. The zero-order valence-corrected chi connectivity index (χ0v) is 17.8. The Morgan fingerprint density at radius 3 is 2.35 bits per heavy atom. The molecule has 3 aromatic carbocycles. The number of fused-ring (bicyclic) bond motifs is 3. The fourth-order valence-electron chi connectivity index (χ4n) is 5.65. The van der Waals surface area contributed by atoms with Crippen LogP contribution in [-0.2, 0) is 6.42 Å². The molecule has 31 heavy (non-hydrogen) atoms. The van der Waals surface area contributed by atoms with E-state index in [2.05, 4.69) is 101 Å². The number of H-pyrrole nitrogens is 1. The second-order valence-corrected chi connectivity index (χ2v) is 8.95. The van der Waals surface area contributed by atoms with Crippen molar-refractivity contribution in [1.29, 1.82) is 0 Å². The monoisotopic (exact) mass is 404 g/mol. The van der Waals surface area contributed by atoms with E-state index in [-0.39, 0.29) is 0 Å². The standard InChI is InChI=1S/C29H28N2/c1-3-9-21(10-4-1)17-18-31-24-15-16-25(31)20-23(19-24)28-26-13-7-8-14-27(26)30-29(28)22-11-5-2-6-12-22/h1-14,19,24-25,30H,15-18,20H2. The molecule has 2 bridgehead atoms. The van der Waals surface area contributed by atoms with Crippen LogP contribution in [0.15, 0.2) is 91.0 Å². The van der Waals surface area contributed by atoms with Crippen LogP contribution < -0.4 is 0 Å². The highest BCUT2D eigenvalue weighted by molar-refractivity contribution is 6.00. The van der Waals surface area contributed by atoms with E-state index in [4.69, 9.17) is 0 Å². The van der Waals surface area contributed by atoms with Gasteiger partial charge in [-0.25, -0.2) is 0 Å². The normalized spacial score (nSPS) is 20.8. The molecule has 2 heteroatoms. The van der Waals surface area contributed by atoms with Gasteiger partial charge in [-0.2, -0.15) is 0 Å². The summed E-state index contributed by atoms with van der Waals surface area (Å²) in [6, 6.07) is 31.7. The fraction of sp³-hybridized carbons (Fsp3) is 0.241. The van der Waals surface area contributed by atoms with Crippen molar-refractivity contribution in [3.05, 3.63) is 102 Å². The third-order valence-electron chi connectivity index (χ3n) is 7.13. The molecule has 2 unspecified atom stereocenters. The minimum absolute atomic E-state index is 0.565. The number of hydrogen-bond donors (Lipinski definition) is 1. The van der Waals surface area contributed by atoms with E-state index in [1.54, 1.807) is 0 Å². The van der Waals surface area contributed by atoms with E-state index in [1.165, 1.54) is 51.7 Å². The van der Waals surface area contributed by atoms with E-state index < -0.39 is 0 Å². The first-order chi connectivity index (χ1) is 15.4. The molecule has 0 amide bonds. The van der Waals surface area contributed by atoms with E-state index >= 15 is 0 Å². The SMILES string of the molecule is C1=C(c2c(-c3ccccc3)[nH]c3ccccc23)CC2CCC1N2CCc1ccccc1. The van der Waals surface area contributed by atoms with Crippen molar-refractivity contribution in [2.45, 2.75) is 37.8 Å². The number of nitrogens with zero attached hydrogens (tertiary/aromatic N) is 1. The Morgan fingerprint density at radius 2 is 1.55 bits per heavy atom. The van der Waals surface area contributed by atoms with Gasteiger partial charge < -0.3 is 4.98 Å². The lowest BCUT2D eigenvalue weighted by atomic mass is 9.90. The number of rotatable bonds is 5. The predicted molar refractivity (Wildman–Crippen MR) is 130 cm³/mol. The van der Waals surface area contributed by atoms with Gasteiger partial charge in [0, 0.05) is 35.1 Å². The first-order valence-corrected chi connectivity index (χ1v) is 11.5. The van der Waals surface area contributed by atoms with Crippen molar-refractivity contribution in [3.63, 3.8) is 0 Å². The summed E-state index contributed by atoms with van der Waals surface area (Å²) in [5, 5.41) is 1.35. The third-order valence-corrected chi connectivity index (χ3v) is 7.13. The largest absolute Gasteiger partial charge is 0.354 e. The van der Waals surface area contributed by atoms with Gasteiger partial charge in [0.05, 0.1) is 5.69 Å². The molecule has 1 N–H and O–H groups in total. The first-order valence-electron chi connectivity index (χ1n) is 11.5. The molecule has 2 nitrogen and oxygen atoms in total. The zero-order valence-electron chi connectivity index (χ0n) is 17.8. The molecule has 2 aliphatic heterocycles. The van der Waals surface area contributed by atoms with Crippen molar-refractivity contribution < 1.29 is 0 Å². The van der Waals surface area contributed by atoms with Crippen molar-refractivity contribution in [3.8, 4) is 11.3 Å². The second-order valence-electron chi connectivity index (χ2n) is 8.95. The lowest BCUT2D eigenvalue weighted by Crippen LogP contribution is -2.39. The molecule has 0 saturated carbocycles. The van der Waals surface area contributed by atoms with Gasteiger partial charge in [-0.15, -0.1) is 0 Å². The van der Waals surface area contributed by atoms with Crippen molar-refractivity contribution in [1.82, 2.24) is 9.88 Å². The fourth-order valence-corrected chi connectivity index (χ4v) is 5.65. The number of para-hydroxylation sites is 1. The van der Waals surface area contributed by atoms with Crippen LogP contribution in [0.2, 0.25) is 0 Å². The molecule has 4 aromatic rings. The minimum Gasteiger partial charge on any atom is -0.354 e. The number of hydrogen-bond acceptors (Lipinski definition) is 1. The molecular formula is C29H28N2. The van der Waals surface area contributed by atoms with Gasteiger partial charge in [-0.05, 0) is 48.4 Å². The highest BCUT2D eigenvalue weighted by atomic mass is 15.2. The van der Waals surface area contributed by atoms with Gasteiger partial charge in [0.25, 0.3) is 0 Å². The van der Waals surface area contributed by atoms with Crippen LogP contribution in [-0.4, -0.2) is 28.5 Å². The van der Waals surface area contributed by atoms with Gasteiger partial charge in [-0.3, -0.25) is 4.90 Å². The van der Waals surface area contributed by atoms with Crippen molar-refractivity contribution >= 4 is 16.5 Å². The summed E-state index contributed by atoms with van der Waals surface area (Å²) in [5.74, 6) is 0. The molecule has 6 rings (SSSR count). The van der Waals surface area contributed by atoms with Gasteiger partial charge in [0.2, 0.25) is 0 Å². The Morgan fingerprint density at radius 1 is 0.806 bits per heavy atom. The van der Waals surface area contributed by atoms with Crippen LogP contribution in [0.3, 0.4) is 0 Å². The molecule has 0 spiro atoms. The van der Waals surface area contributed by atoms with Crippen molar-refractivity contribution in [2.24, 2.45) is 0 Å². The number of nitrogens with one attached hydrogen (secondary N) is 1. The lowest BCUT2D eigenvalue weighted by molar-refractivity contribution is 0.215. The van der Waals surface area contributed by atoms with Crippen molar-refractivity contribution in [2.75, 3.05) is 6.54 Å². The van der Waals surface area contributed by atoms with Crippen LogP contribution >= 0.6 is 0 Å². The summed E-state index contributed by atoms with van der Waals surface area (Å²) in [6.45, 7) is 1.16. The number of aromatic amines is 1. The maximum Gasteiger partial charge on any atom is 0.0541 e. The highest BCUT2D eigenvalue weighted by Gasteiger charge is 2.37. The summed E-state index contributed by atoms with van der Waals surface area (Å²) in [6.07, 6.45) is 7.46. The molecule has 1 fully saturated rings. The van der Waals surface area contributed by atoms with Gasteiger partial charge in [-0.1, -0.05) is 84.9 Å². The van der Waals surface area contributed by atoms with Gasteiger partial charge in [0.15, 0.2) is 0 Å². The smallest absolute Gasteiger partial charge is 0.0541 e.